The maximum Gasteiger partial charge on any atom is 0.110 e. The Labute approximate surface area is 117 Å². The summed E-state index contributed by atoms with van der Waals surface area (Å²) in [6, 6.07) is 12.2. The Balaban J connectivity index is 1.74. The van der Waals surface area contributed by atoms with Gasteiger partial charge in [0.05, 0.1) is 11.9 Å². The predicted molar refractivity (Wildman–Crippen MR) is 77.4 cm³/mol. The molecule has 0 amide bonds. The molecule has 0 saturated heterocycles. The van der Waals surface area contributed by atoms with Gasteiger partial charge in [-0.15, -0.1) is 0 Å². The fraction of sp³-hybridized carbons (Fsp3) is 0.200. The average molecular weight is 267 g/mol. The minimum absolute atomic E-state index is 0.759. The number of imidazole rings is 1. The number of hydrogen-bond acceptors (Lipinski definition) is 3. The molecule has 5 nitrogen and oxygen atoms in total. The maximum absolute atomic E-state index is 4.41. The Bertz CT molecular complexity index is 655. The summed E-state index contributed by atoms with van der Waals surface area (Å²) >= 11 is 0. The van der Waals surface area contributed by atoms with Gasteiger partial charge < -0.3 is 5.32 Å². The summed E-state index contributed by atoms with van der Waals surface area (Å²) < 4.78 is 2.17. The topological polar surface area (TPSA) is 58.5 Å². The molecule has 0 radical (unpaired) electrons. The molecule has 3 rings (SSSR count). The second-order valence-electron chi connectivity index (χ2n) is 4.65. The van der Waals surface area contributed by atoms with Crippen LogP contribution in [0.3, 0.4) is 0 Å². The van der Waals surface area contributed by atoms with Crippen LogP contribution in [0.2, 0.25) is 0 Å². The highest BCUT2D eigenvalue weighted by atomic mass is 15.1. The van der Waals surface area contributed by atoms with Crippen molar-refractivity contribution in [3.05, 3.63) is 66.0 Å². The van der Waals surface area contributed by atoms with E-state index in [1.165, 1.54) is 0 Å². The van der Waals surface area contributed by atoms with Gasteiger partial charge in [-0.05, 0) is 25.1 Å². The summed E-state index contributed by atoms with van der Waals surface area (Å²) in [5.74, 6) is 0.995. The van der Waals surface area contributed by atoms with E-state index in [4.69, 9.17) is 0 Å². The van der Waals surface area contributed by atoms with E-state index in [-0.39, 0.29) is 0 Å². The number of para-hydroxylation sites is 1. The largest absolute Gasteiger partial charge is 0.306 e. The van der Waals surface area contributed by atoms with Gasteiger partial charge in [0.15, 0.2) is 0 Å². The van der Waals surface area contributed by atoms with Crippen LogP contribution in [0, 0.1) is 6.92 Å². The number of benzene rings is 1. The Kier molecular flexibility index (Phi) is 3.60. The maximum atomic E-state index is 4.41. The van der Waals surface area contributed by atoms with Crippen molar-refractivity contribution in [2.24, 2.45) is 0 Å². The van der Waals surface area contributed by atoms with E-state index in [1.54, 1.807) is 6.20 Å². The fourth-order valence-corrected chi connectivity index (χ4v) is 2.25. The summed E-state index contributed by atoms with van der Waals surface area (Å²) in [6.45, 7) is 3.54. The van der Waals surface area contributed by atoms with Crippen molar-refractivity contribution in [2.45, 2.75) is 20.0 Å². The van der Waals surface area contributed by atoms with Gasteiger partial charge >= 0.3 is 0 Å². The first-order valence-corrected chi connectivity index (χ1v) is 6.62. The summed E-state index contributed by atoms with van der Waals surface area (Å²) in [4.78, 5) is 4.41. The van der Waals surface area contributed by atoms with Crippen LogP contribution in [0.1, 0.15) is 17.2 Å². The van der Waals surface area contributed by atoms with Crippen molar-refractivity contribution in [3.8, 4) is 5.69 Å². The van der Waals surface area contributed by atoms with Gasteiger partial charge in [0.1, 0.15) is 5.82 Å². The fourth-order valence-electron chi connectivity index (χ4n) is 2.25. The molecule has 0 fully saturated rings. The van der Waals surface area contributed by atoms with Crippen molar-refractivity contribution in [1.29, 1.82) is 0 Å². The van der Waals surface area contributed by atoms with Crippen molar-refractivity contribution in [1.82, 2.24) is 25.1 Å². The summed E-state index contributed by atoms with van der Waals surface area (Å²) in [5.41, 5.74) is 3.36. The Morgan fingerprint density at radius 1 is 1.15 bits per heavy atom. The van der Waals surface area contributed by atoms with Crippen LogP contribution >= 0.6 is 0 Å². The third-order valence-electron chi connectivity index (χ3n) is 3.21. The summed E-state index contributed by atoms with van der Waals surface area (Å²) in [5, 5.41) is 10.3. The molecule has 1 aromatic carbocycles. The summed E-state index contributed by atoms with van der Waals surface area (Å²) in [6.07, 6.45) is 3.68. The molecule has 5 heteroatoms. The minimum Gasteiger partial charge on any atom is -0.306 e. The normalized spacial score (nSPS) is 10.8. The molecular weight excluding hydrogens is 250 g/mol. The minimum atomic E-state index is 0.759. The van der Waals surface area contributed by atoms with E-state index >= 15 is 0 Å². The van der Waals surface area contributed by atoms with Crippen LogP contribution in [0.25, 0.3) is 5.69 Å². The molecule has 20 heavy (non-hydrogen) atoms. The van der Waals surface area contributed by atoms with E-state index in [2.05, 4.69) is 37.2 Å². The Morgan fingerprint density at radius 2 is 2.00 bits per heavy atom. The predicted octanol–water partition coefficient (Wildman–Crippen LogP) is 2.19. The number of aryl methyl sites for hydroxylation is 1. The number of aromatic nitrogens is 4. The van der Waals surface area contributed by atoms with Crippen molar-refractivity contribution < 1.29 is 0 Å². The van der Waals surface area contributed by atoms with Crippen LogP contribution in [-0.4, -0.2) is 19.7 Å². The molecule has 0 aliphatic heterocycles. The van der Waals surface area contributed by atoms with Gasteiger partial charge in [-0.1, -0.05) is 18.2 Å². The van der Waals surface area contributed by atoms with Crippen LogP contribution < -0.4 is 5.32 Å². The highest BCUT2D eigenvalue weighted by molar-refractivity contribution is 5.35. The molecule has 2 heterocycles. The second-order valence-corrected chi connectivity index (χ2v) is 4.65. The first kappa shape index (κ1) is 12.6. The first-order valence-electron chi connectivity index (χ1n) is 6.62. The van der Waals surface area contributed by atoms with Crippen molar-refractivity contribution in [3.63, 3.8) is 0 Å². The molecule has 0 unspecified atom stereocenters. The van der Waals surface area contributed by atoms with Crippen LogP contribution in [0.4, 0.5) is 0 Å². The Morgan fingerprint density at radius 3 is 2.75 bits per heavy atom. The molecule has 0 atom stereocenters. The van der Waals surface area contributed by atoms with Gasteiger partial charge in [0.25, 0.3) is 0 Å². The average Bonchev–Trinajstić information content (AvgIpc) is 3.10. The molecule has 3 aromatic rings. The monoisotopic (exact) mass is 267 g/mol. The van der Waals surface area contributed by atoms with Crippen LogP contribution in [0.15, 0.2) is 48.8 Å². The van der Waals surface area contributed by atoms with Crippen molar-refractivity contribution in [2.75, 3.05) is 0 Å². The number of nitrogens with one attached hydrogen (secondary N) is 2. The number of nitrogens with zero attached hydrogens (tertiary/aromatic N) is 3. The van der Waals surface area contributed by atoms with Crippen LogP contribution in [0.5, 0.6) is 0 Å². The smallest absolute Gasteiger partial charge is 0.110 e. The van der Waals surface area contributed by atoms with Crippen molar-refractivity contribution >= 4 is 0 Å². The quantitative estimate of drug-likeness (QED) is 0.745. The highest BCUT2D eigenvalue weighted by Crippen LogP contribution is 2.14. The molecule has 0 spiro atoms. The molecule has 0 aliphatic carbocycles. The lowest BCUT2D eigenvalue weighted by Crippen LogP contribution is -2.16. The molecule has 102 valence electrons. The lowest BCUT2D eigenvalue weighted by Gasteiger charge is -2.10. The lowest BCUT2D eigenvalue weighted by molar-refractivity contribution is 0.654. The highest BCUT2D eigenvalue weighted by Gasteiger charge is 2.08. The van der Waals surface area contributed by atoms with Gasteiger partial charge in [0, 0.05) is 30.7 Å². The van der Waals surface area contributed by atoms with E-state index < -0.39 is 0 Å². The van der Waals surface area contributed by atoms with Crippen LogP contribution in [-0.2, 0) is 13.1 Å². The third-order valence-corrected chi connectivity index (χ3v) is 3.21. The molecule has 0 bridgehead atoms. The number of aromatic amines is 1. The number of H-pyrrole nitrogens is 1. The summed E-state index contributed by atoms with van der Waals surface area (Å²) in [7, 11) is 0. The van der Waals surface area contributed by atoms with E-state index in [0.29, 0.717) is 0 Å². The van der Waals surface area contributed by atoms with E-state index in [1.807, 2.05) is 37.4 Å². The van der Waals surface area contributed by atoms with E-state index in [9.17, 15) is 0 Å². The number of rotatable bonds is 5. The molecular formula is C15H17N5. The Hall–Kier alpha value is -2.40. The zero-order chi connectivity index (χ0) is 13.8. The molecule has 2 aromatic heterocycles. The zero-order valence-corrected chi connectivity index (χ0v) is 11.4. The second kappa shape index (κ2) is 5.71. The van der Waals surface area contributed by atoms with Gasteiger partial charge in [-0.3, -0.25) is 9.67 Å². The molecule has 0 saturated carbocycles. The van der Waals surface area contributed by atoms with E-state index in [0.717, 1.165) is 36.0 Å². The SMILES string of the molecule is Cc1ncc(CNCc2ccn[nH]2)n1-c1ccccc1. The molecule has 2 N–H and O–H groups in total. The van der Waals surface area contributed by atoms with Gasteiger partial charge in [0.2, 0.25) is 0 Å². The third kappa shape index (κ3) is 2.62. The standard InChI is InChI=1S/C15H17N5/c1-12-17-11-15(10-16-9-13-7-8-18-19-13)20(12)14-5-3-2-4-6-14/h2-8,11,16H,9-10H2,1H3,(H,18,19). The molecule has 0 aliphatic rings. The lowest BCUT2D eigenvalue weighted by atomic mass is 10.3. The zero-order valence-electron chi connectivity index (χ0n) is 11.4. The van der Waals surface area contributed by atoms with Gasteiger partial charge in [-0.2, -0.15) is 5.10 Å². The van der Waals surface area contributed by atoms with Gasteiger partial charge in [-0.25, -0.2) is 4.98 Å². The first-order chi connectivity index (χ1) is 9.84. The number of hydrogen-bond donors (Lipinski definition) is 2.